The predicted octanol–water partition coefficient (Wildman–Crippen LogP) is 10.2. The van der Waals surface area contributed by atoms with Crippen LogP contribution >= 0.6 is 22.9 Å². The summed E-state index contributed by atoms with van der Waals surface area (Å²) in [6.07, 6.45) is 0. The Balaban J connectivity index is 1.36. The van der Waals surface area contributed by atoms with E-state index in [1.54, 1.807) is 11.3 Å². The number of rotatable bonds is 4. The fraction of sp³-hybridized carbons (Fsp3) is 0. The Morgan fingerprint density at radius 1 is 0.474 bits per heavy atom. The van der Waals surface area contributed by atoms with E-state index < -0.39 is 0 Å². The van der Waals surface area contributed by atoms with E-state index in [-0.39, 0.29) is 5.28 Å². The van der Waals surface area contributed by atoms with Crippen LogP contribution in [0.2, 0.25) is 5.28 Å². The molecule has 7 aromatic rings. The Bertz CT molecular complexity index is 1850. The third-order valence-electron chi connectivity index (χ3n) is 6.85. The molecule has 0 radical (unpaired) electrons. The topological polar surface area (TPSA) is 25.8 Å². The summed E-state index contributed by atoms with van der Waals surface area (Å²) < 4.78 is 1.18. The predicted molar refractivity (Wildman–Crippen MR) is 162 cm³/mol. The van der Waals surface area contributed by atoms with Gasteiger partial charge in [-0.15, -0.1) is 11.3 Å². The molecule has 4 heteroatoms. The first-order chi connectivity index (χ1) is 18.7. The molecule has 0 aliphatic rings. The molecule has 5 aromatic carbocycles. The second-order valence-electron chi connectivity index (χ2n) is 9.23. The summed E-state index contributed by atoms with van der Waals surface area (Å²) in [6, 6.07) is 44.8. The lowest BCUT2D eigenvalue weighted by Gasteiger charge is -2.12. The molecule has 2 nitrogen and oxygen atoms in total. The highest BCUT2D eigenvalue weighted by molar-refractivity contribution is 7.25. The van der Waals surface area contributed by atoms with Gasteiger partial charge in [0, 0.05) is 21.0 Å². The minimum absolute atomic E-state index is 0.270. The molecular formula is C34H21ClN2S. The molecule has 0 saturated heterocycles. The molecule has 0 aliphatic heterocycles. The molecule has 0 fully saturated rings. The highest BCUT2D eigenvalue weighted by Crippen LogP contribution is 2.39. The zero-order chi connectivity index (χ0) is 25.5. The van der Waals surface area contributed by atoms with Crippen LogP contribution in [0.1, 0.15) is 0 Å². The van der Waals surface area contributed by atoms with Crippen molar-refractivity contribution in [2.24, 2.45) is 0 Å². The van der Waals surface area contributed by atoms with Gasteiger partial charge in [0.15, 0.2) is 0 Å². The van der Waals surface area contributed by atoms with Gasteiger partial charge in [-0.3, -0.25) is 0 Å². The standard InChI is InChI=1S/C34H21ClN2S/c35-34-36-32(31-29-13-7-8-14-30(29)38-33(31)37-34)25-17-15-24(16-18-25)28-20-26(22-9-3-1-4-10-22)19-27(21-28)23-11-5-2-6-12-23/h1-21H. The summed E-state index contributed by atoms with van der Waals surface area (Å²) in [5.41, 5.74) is 9.00. The van der Waals surface area contributed by atoms with Crippen LogP contribution in [0.5, 0.6) is 0 Å². The van der Waals surface area contributed by atoms with Gasteiger partial charge in [-0.2, -0.15) is 0 Å². The molecule has 38 heavy (non-hydrogen) atoms. The molecule has 0 bridgehead atoms. The minimum Gasteiger partial charge on any atom is -0.217 e. The first-order valence-corrected chi connectivity index (χ1v) is 13.6. The molecular weight excluding hydrogens is 504 g/mol. The fourth-order valence-electron chi connectivity index (χ4n) is 5.02. The molecule has 0 unspecified atom stereocenters. The Morgan fingerprint density at radius 3 is 1.58 bits per heavy atom. The number of hydrogen-bond acceptors (Lipinski definition) is 3. The molecule has 2 heterocycles. The van der Waals surface area contributed by atoms with Crippen molar-refractivity contribution in [3.63, 3.8) is 0 Å². The highest BCUT2D eigenvalue weighted by atomic mass is 35.5. The van der Waals surface area contributed by atoms with E-state index in [4.69, 9.17) is 11.6 Å². The zero-order valence-corrected chi connectivity index (χ0v) is 21.9. The van der Waals surface area contributed by atoms with Gasteiger partial charge in [-0.25, -0.2) is 9.97 Å². The lowest BCUT2D eigenvalue weighted by Crippen LogP contribution is -1.90. The third kappa shape index (κ3) is 4.16. The summed E-state index contributed by atoms with van der Waals surface area (Å²) in [5, 5.41) is 2.48. The second kappa shape index (κ2) is 9.53. The quantitative estimate of drug-likeness (QED) is 0.214. The summed E-state index contributed by atoms with van der Waals surface area (Å²) in [5.74, 6) is 0. The van der Waals surface area contributed by atoms with Crippen LogP contribution in [0.25, 0.3) is 64.9 Å². The maximum Gasteiger partial charge on any atom is 0.224 e. The molecule has 180 valence electrons. The van der Waals surface area contributed by atoms with Crippen molar-refractivity contribution < 1.29 is 0 Å². The number of hydrogen-bond donors (Lipinski definition) is 0. The Hall–Kier alpha value is -4.31. The smallest absolute Gasteiger partial charge is 0.217 e. The van der Waals surface area contributed by atoms with E-state index in [1.165, 1.54) is 32.5 Å². The van der Waals surface area contributed by atoms with Crippen LogP contribution < -0.4 is 0 Å². The lowest BCUT2D eigenvalue weighted by atomic mass is 9.93. The number of thiophene rings is 1. The largest absolute Gasteiger partial charge is 0.224 e. The maximum absolute atomic E-state index is 6.36. The molecule has 0 aliphatic carbocycles. The number of benzene rings is 5. The highest BCUT2D eigenvalue weighted by Gasteiger charge is 2.15. The summed E-state index contributed by atoms with van der Waals surface area (Å²) >= 11 is 8.01. The van der Waals surface area contributed by atoms with Crippen LogP contribution in [-0.2, 0) is 0 Å². The van der Waals surface area contributed by atoms with Crippen molar-refractivity contribution in [2.75, 3.05) is 0 Å². The maximum atomic E-state index is 6.36. The fourth-order valence-corrected chi connectivity index (χ4v) is 6.31. The summed E-state index contributed by atoms with van der Waals surface area (Å²) in [7, 11) is 0. The molecule has 0 spiro atoms. The Labute approximate surface area is 229 Å². The molecule has 0 amide bonds. The molecule has 2 aromatic heterocycles. The van der Waals surface area contributed by atoms with Crippen molar-refractivity contribution in [3.05, 3.63) is 133 Å². The number of aromatic nitrogens is 2. The Morgan fingerprint density at radius 2 is 0.974 bits per heavy atom. The summed E-state index contributed by atoms with van der Waals surface area (Å²) in [4.78, 5) is 10.1. The van der Waals surface area contributed by atoms with Crippen LogP contribution in [-0.4, -0.2) is 9.97 Å². The van der Waals surface area contributed by atoms with E-state index in [0.717, 1.165) is 32.4 Å². The third-order valence-corrected chi connectivity index (χ3v) is 8.08. The van der Waals surface area contributed by atoms with Crippen molar-refractivity contribution >= 4 is 43.2 Å². The van der Waals surface area contributed by atoms with Crippen LogP contribution in [0.3, 0.4) is 0 Å². The van der Waals surface area contributed by atoms with Crippen LogP contribution in [0, 0.1) is 0 Å². The van der Waals surface area contributed by atoms with Gasteiger partial charge in [0.05, 0.1) is 5.69 Å². The normalized spacial score (nSPS) is 11.3. The van der Waals surface area contributed by atoms with E-state index in [1.807, 2.05) is 0 Å². The molecule has 0 atom stereocenters. The van der Waals surface area contributed by atoms with E-state index >= 15 is 0 Å². The zero-order valence-electron chi connectivity index (χ0n) is 20.3. The van der Waals surface area contributed by atoms with Crippen LogP contribution in [0.15, 0.2) is 127 Å². The van der Waals surface area contributed by atoms with E-state index in [0.29, 0.717) is 0 Å². The SMILES string of the molecule is Clc1nc(-c2ccc(-c3cc(-c4ccccc4)cc(-c4ccccc4)c3)cc2)c2c(n1)sc1ccccc12. The molecule has 0 N–H and O–H groups in total. The number of fused-ring (bicyclic) bond motifs is 3. The number of nitrogens with zero attached hydrogens (tertiary/aromatic N) is 2. The second-order valence-corrected chi connectivity index (χ2v) is 10.6. The van der Waals surface area contributed by atoms with Crippen molar-refractivity contribution in [1.29, 1.82) is 0 Å². The van der Waals surface area contributed by atoms with Gasteiger partial charge >= 0.3 is 0 Å². The summed E-state index contributed by atoms with van der Waals surface area (Å²) in [6.45, 7) is 0. The first-order valence-electron chi connectivity index (χ1n) is 12.4. The van der Waals surface area contributed by atoms with Gasteiger partial charge in [0.25, 0.3) is 0 Å². The van der Waals surface area contributed by atoms with Crippen LogP contribution in [0.4, 0.5) is 0 Å². The first kappa shape index (κ1) is 22.9. The number of halogens is 1. The van der Waals surface area contributed by atoms with Gasteiger partial charge in [0.2, 0.25) is 5.28 Å². The van der Waals surface area contributed by atoms with E-state index in [2.05, 4.69) is 137 Å². The van der Waals surface area contributed by atoms with Gasteiger partial charge in [0.1, 0.15) is 4.83 Å². The average Bonchev–Trinajstić information content (AvgIpc) is 3.36. The Kier molecular flexibility index (Phi) is 5.73. The van der Waals surface area contributed by atoms with Gasteiger partial charge in [-0.1, -0.05) is 103 Å². The monoisotopic (exact) mass is 524 g/mol. The van der Waals surface area contributed by atoms with Gasteiger partial charge in [-0.05, 0) is 69.2 Å². The van der Waals surface area contributed by atoms with Crippen molar-refractivity contribution in [3.8, 4) is 44.6 Å². The minimum atomic E-state index is 0.270. The van der Waals surface area contributed by atoms with Crippen molar-refractivity contribution in [1.82, 2.24) is 9.97 Å². The van der Waals surface area contributed by atoms with Gasteiger partial charge < -0.3 is 0 Å². The lowest BCUT2D eigenvalue weighted by molar-refractivity contribution is 1.24. The molecule has 0 saturated carbocycles. The molecule has 7 rings (SSSR count). The van der Waals surface area contributed by atoms with Crippen molar-refractivity contribution in [2.45, 2.75) is 0 Å². The van der Waals surface area contributed by atoms with E-state index in [9.17, 15) is 0 Å². The average molecular weight is 525 g/mol.